The van der Waals surface area contributed by atoms with Crippen molar-refractivity contribution >= 4 is 11.8 Å². The zero-order chi connectivity index (χ0) is 12.1. The van der Waals surface area contributed by atoms with E-state index >= 15 is 0 Å². The van der Waals surface area contributed by atoms with Gasteiger partial charge in [0.2, 0.25) is 5.91 Å². The number of hydrogen-bond acceptors (Lipinski definition) is 2. The highest BCUT2D eigenvalue weighted by atomic mass is 16.2. The van der Waals surface area contributed by atoms with Gasteiger partial charge in [0, 0.05) is 26.1 Å². The van der Waals surface area contributed by atoms with E-state index in [1.54, 1.807) is 13.1 Å². The Morgan fingerprint density at radius 2 is 1.94 bits per heavy atom. The smallest absolute Gasteiger partial charge is 0.251 e. The average Bonchev–Trinajstić information content (AvgIpc) is 2.24. The summed E-state index contributed by atoms with van der Waals surface area (Å²) in [6.07, 6.45) is 0. The minimum Gasteiger partial charge on any atom is -0.355 e. The summed E-state index contributed by atoms with van der Waals surface area (Å²) >= 11 is 0. The van der Waals surface area contributed by atoms with E-state index in [0.29, 0.717) is 12.1 Å². The molecule has 86 valence electrons. The summed E-state index contributed by atoms with van der Waals surface area (Å²) in [5.74, 6) is -0.198. The van der Waals surface area contributed by atoms with E-state index in [9.17, 15) is 9.59 Å². The first-order valence-electron chi connectivity index (χ1n) is 5.10. The van der Waals surface area contributed by atoms with E-state index in [2.05, 4.69) is 10.6 Å². The van der Waals surface area contributed by atoms with E-state index in [0.717, 1.165) is 11.1 Å². The molecule has 4 heteroatoms. The summed E-state index contributed by atoms with van der Waals surface area (Å²) < 4.78 is 0. The second-order valence-electron chi connectivity index (χ2n) is 3.70. The fraction of sp³-hybridized carbons (Fsp3) is 0.333. The van der Waals surface area contributed by atoms with Gasteiger partial charge in [0.15, 0.2) is 0 Å². The number of benzene rings is 1. The van der Waals surface area contributed by atoms with E-state index in [1.807, 2.05) is 19.1 Å². The first-order valence-corrected chi connectivity index (χ1v) is 5.10. The first kappa shape index (κ1) is 12.2. The molecule has 0 unspecified atom stereocenters. The normalized spacial score (nSPS) is 9.69. The fourth-order valence-electron chi connectivity index (χ4n) is 1.47. The van der Waals surface area contributed by atoms with E-state index in [4.69, 9.17) is 0 Å². The van der Waals surface area contributed by atoms with Crippen molar-refractivity contribution in [3.63, 3.8) is 0 Å². The highest BCUT2D eigenvalue weighted by Gasteiger charge is 2.05. The predicted octanol–water partition coefficient (Wildman–Crippen LogP) is 0.991. The molecule has 4 nitrogen and oxygen atoms in total. The van der Waals surface area contributed by atoms with Crippen LogP contribution in [0.2, 0.25) is 0 Å². The van der Waals surface area contributed by atoms with Crippen LogP contribution >= 0.6 is 0 Å². The molecule has 0 spiro atoms. The fourth-order valence-corrected chi connectivity index (χ4v) is 1.47. The van der Waals surface area contributed by atoms with Gasteiger partial charge in [-0.15, -0.1) is 0 Å². The number of aryl methyl sites for hydroxylation is 1. The first-order chi connectivity index (χ1) is 7.52. The molecule has 0 fully saturated rings. The molecule has 0 radical (unpaired) electrons. The molecule has 1 aromatic rings. The quantitative estimate of drug-likeness (QED) is 0.798. The molecule has 0 atom stereocenters. The lowest BCUT2D eigenvalue weighted by molar-refractivity contribution is -0.119. The third kappa shape index (κ3) is 3.38. The second kappa shape index (κ2) is 5.30. The molecule has 0 heterocycles. The molecule has 0 saturated heterocycles. The molecule has 0 saturated carbocycles. The largest absolute Gasteiger partial charge is 0.355 e. The van der Waals surface area contributed by atoms with Crippen LogP contribution in [0.3, 0.4) is 0 Å². The van der Waals surface area contributed by atoms with Crippen LogP contribution in [0.4, 0.5) is 0 Å². The monoisotopic (exact) mass is 220 g/mol. The number of nitrogens with one attached hydrogen (secondary N) is 2. The second-order valence-corrected chi connectivity index (χ2v) is 3.70. The van der Waals surface area contributed by atoms with Crippen molar-refractivity contribution in [2.45, 2.75) is 20.4 Å². The Hall–Kier alpha value is -1.84. The molecule has 0 aliphatic rings. The Bertz CT molecular complexity index is 413. The van der Waals surface area contributed by atoms with Crippen LogP contribution in [0.5, 0.6) is 0 Å². The van der Waals surface area contributed by atoms with Crippen molar-refractivity contribution in [1.29, 1.82) is 0 Å². The van der Waals surface area contributed by atoms with Gasteiger partial charge in [0.05, 0.1) is 0 Å². The van der Waals surface area contributed by atoms with Gasteiger partial charge in [0.1, 0.15) is 0 Å². The maximum Gasteiger partial charge on any atom is 0.251 e. The SMILES string of the molecule is CNC(=O)c1cc(C)cc(CNC(C)=O)c1. The summed E-state index contributed by atoms with van der Waals surface area (Å²) in [7, 11) is 1.60. The third-order valence-electron chi connectivity index (χ3n) is 2.17. The van der Waals surface area contributed by atoms with E-state index < -0.39 is 0 Å². The lowest BCUT2D eigenvalue weighted by Gasteiger charge is -2.07. The molecule has 0 aromatic heterocycles. The van der Waals surface area contributed by atoms with Gasteiger partial charge in [-0.3, -0.25) is 9.59 Å². The highest BCUT2D eigenvalue weighted by Crippen LogP contribution is 2.09. The van der Waals surface area contributed by atoms with Crippen molar-refractivity contribution in [2.75, 3.05) is 7.05 Å². The predicted molar refractivity (Wildman–Crippen MR) is 62.1 cm³/mol. The van der Waals surface area contributed by atoms with Crippen molar-refractivity contribution in [2.24, 2.45) is 0 Å². The molecule has 2 amide bonds. The Morgan fingerprint density at radius 1 is 1.25 bits per heavy atom. The summed E-state index contributed by atoms with van der Waals surface area (Å²) in [5.41, 5.74) is 2.54. The molecule has 0 aliphatic carbocycles. The molecular formula is C12H16N2O2. The van der Waals surface area contributed by atoms with Crippen LogP contribution in [-0.2, 0) is 11.3 Å². The van der Waals surface area contributed by atoms with Gasteiger partial charge in [-0.25, -0.2) is 0 Å². The van der Waals surface area contributed by atoms with E-state index in [-0.39, 0.29) is 11.8 Å². The number of rotatable bonds is 3. The van der Waals surface area contributed by atoms with Crippen molar-refractivity contribution in [3.05, 3.63) is 34.9 Å². The molecule has 16 heavy (non-hydrogen) atoms. The Kier molecular flexibility index (Phi) is 4.05. The molecule has 0 bridgehead atoms. The van der Waals surface area contributed by atoms with Crippen molar-refractivity contribution < 1.29 is 9.59 Å². The lowest BCUT2D eigenvalue weighted by atomic mass is 10.1. The highest BCUT2D eigenvalue weighted by molar-refractivity contribution is 5.94. The lowest BCUT2D eigenvalue weighted by Crippen LogP contribution is -2.21. The Morgan fingerprint density at radius 3 is 2.50 bits per heavy atom. The van der Waals surface area contributed by atoms with Gasteiger partial charge in [-0.1, -0.05) is 6.07 Å². The van der Waals surface area contributed by atoms with Gasteiger partial charge in [-0.05, 0) is 30.2 Å². The molecule has 0 aliphatic heterocycles. The number of amides is 2. The van der Waals surface area contributed by atoms with Crippen molar-refractivity contribution in [3.8, 4) is 0 Å². The molecular weight excluding hydrogens is 204 g/mol. The summed E-state index contributed by atoms with van der Waals surface area (Å²) in [5, 5.41) is 5.28. The van der Waals surface area contributed by atoms with Crippen LogP contribution in [0.1, 0.15) is 28.4 Å². The van der Waals surface area contributed by atoms with Gasteiger partial charge < -0.3 is 10.6 Å². The van der Waals surface area contributed by atoms with Crippen LogP contribution in [0, 0.1) is 6.92 Å². The molecule has 1 aromatic carbocycles. The zero-order valence-corrected chi connectivity index (χ0v) is 9.76. The summed E-state index contributed by atoms with van der Waals surface area (Å²) in [4.78, 5) is 22.2. The average molecular weight is 220 g/mol. The standard InChI is InChI=1S/C12H16N2O2/c1-8-4-10(7-14-9(2)15)6-11(5-8)12(16)13-3/h4-6H,7H2,1-3H3,(H,13,16)(H,14,15). The Balaban J connectivity index is 2.89. The van der Waals surface area contributed by atoms with Crippen LogP contribution in [-0.4, -0.2) is 18.9 Å². The Labute approximate surface area is 95.0 Å². The van der Waals surface area contributed by atoms with Crippen LogP contribution in [0.15, 0.2) is 18.2 Å². The molecule has 2 N–H and O–H groups in total. The van der Waals surface area contributed by atoms with Gasteiger partial charge in [-0.2, -0.15) is 0 Å². The topological polar surface area (TPSA) is 58.2 Å². The van der Waals surface area contributed by atoms with Crippen LogP contribution < -0.4 is 10.6 Å². The third-order valence-corrected chi connectivity index (χ3v) is 2.17. The maximum absolute atomic E-state index is 11.5. The summed E-state index contributed by atoms with van der Waals surface area (Å²) in [6.45, 7) is 3.83. The van der Waals surface area contributed by atoms with Gasteiger partial charge in [0.25, 0.3) is 5.91 Å². The molecule has 1 rings (SSSR count). The minimum absolute atomic E-state index is 0.0806. The number of carbonyl (C=O) groups excluding carboxylic acids is 2. The summed E-state index contributed by atoms with van der Waals surface area (Å²) in [6, 6.07) is 5.54. The van der Waals surface area contributed by atoms with E-state index in [1.165, 1.54) is 6.92 Å². The van der Waals surface area contributed by atoms with Gasteiger partial charge >= 0.3 is 0 Å². The number of hydrogen-bond donors (Lipinski definition) is 2. The zero-order valence-electron chi connectivity index (χ0n) is 9.76. The maximum atomic E-state index is 11.5. The number of carbonyl (C=O) groups is 2. The van der Waals surface area contributed by atoms with Crippen molar-refractivity contribution in [1.82, 2.24) is 10.6 Å². The van der Waals surface area contributed by atoms with Crippen LogP contribution in [0.25, 0.3) is 0 Å². The minimum atomic E-state index is -0.118.